The van der Waals surface area contributed by atoms with E-state index in [1.807, 2.05) is 0 Å². The average molecular weight is 308 g/mol. The van der Waals surface area contributed by atoms with Gasteiger partial charge in [-0.05, 0) is 30.3 Å². The number of carbonyl (C=O) groups is 1. The highest BCUT2D eigenvalue weighted by atomic mass is 35.5. The van der Waals surface area contributed by atoms with Gasteiger partial charge in [-0.2, -0.15) is 0 Å². The fourth-order valence-corrected chi connectivity index (χ4v) is 2.01. The number of methoxy groups -OCH3 is 2. The quantitative estimate of drug-likeness (QED) is 0.909. The number of phenolic OH excluding ortho intramolecular Hbond substituents is 1. The molecule has 0 heterocycles. The minimum absolute atomic E-state index is 0.0941. The zero-order valence-corrected chi connectivity index (χ0v) is 12.3. The predicted molar refractivity (Wildman–Crippen MR) is 80.6 cm³/mol. The first kappa shape index (κ1) is 15.0. The lowest BCUT2D eigenvalue weighted by Gasteiger charge is -2.13. The number of halogens is 1. The molecule has 0 bridgehead atoms. The molecule has 0 aliphatic rings. The van der Waals surface area contributed by atoms with Crippen LogP contribution in [0.15, 0.2) is 36.4 Å². The normalized spacial score (nSPS) is 10.0. The number of hydrogen-bond acceptors (Lipinski definition) is 4. The Morgan fingerprint density at radius 2 is 1.71 bits per heavy atom. The van der Waals surface area contributed by atoms with Crippen LogP contribution in [-0.2, 0) is 0 Å². The van der Waals surface area contributed by atoms with Gasteiger partial charge in [0.15, 0.2) is 0 Å². The molecule has 0 aliphatic heterocycles. The monoisotopic (exact) mass is 307 g/mol. The predicted octanol–water partition coefficient (Wildman–Crippen LogP) is 3.32. The van der Waals surface area contributed by atoms with Crippen molar-refractivity contribution in [3.8, 4) is 17.2 Å². The Labute approximate surface area is 127 Å². The van der Waals surface area contributed by atoms with Gasteiger partial charge in [-0.15, -0.1) is 0 Å². The summed E-state index contributed by atoms with van der Waals surface area (Å²) in [6, 6.07) is 9.05. The number of phenols is 1. The molecule has 0 radical (unpaired) electrons. The van der Waals surface area contributed by atoms with Gasteiger partial charge in [-0.1, -0.05) is 11.6 Å². The maximum Gasteiger partial charge on any atom is 0.255 e. The van der Waals surface area contributed by atoms with Crippen LogP contribution in [0, 0.1) is 0 Å². The molecule has 0 spiro atoms. The van der Waals surface area contributed by atoms with Crippen LogP contribution in [0.4, 0.5) is 5.69 Å². The second-order valence-corrected chi connectivity index (χ2v) is 4.60. The summed E-state index contributed by atoms with van der Waals surface area (Å²) in [7, 11) is 2.98. The van der Waals surface area contributed by atoms with E-state index in [2.05, 4.69) is 5.32 Å². The van der Waals surface area contributed by atoms with Crippen LogP contribution in [0.5, 0.6) is 17.2 Å². The number of rotatable bonds is 4. The maximum absolute atomic E-state index is 12.1. The third-order valence-corrected chi connectivity index (χ3v) is 3.15. The fraction of sp³-hybridized carbons (Fsp3) is 0.133. The summed E-state index contributed by atoms with van der Waals surface area (Å²) < 4.78 is 10.3. The Balaban J connectivity index is 2.28. The number of carbonyl (C=O) groups excluding carboxylic acids is 1. The first-order valence-corrected chi connectivity index (χ1v) is 6.45. The second kappa shape index (κ2) is 6.37. The number of hydrogen-bond donors (Lipinski definition) is 2. The van der Waals surface area contributed by atoms with Gasteiger partial charge in [0, 0.05) is 11.6 Å². The first-order chi connectivity index (χ1) is 10.0. The molecular weight excluding hydrogens is 294 g/mol. The van der Waals surface area contributed by atoms with E-state index in [9.17, 15) is 9.90 Å². The summed E-state index contributed by atoms with van der Waals surface area (Å²) in [5, 5.41) is 12.3. The molecular formula is C15H14ClNO4. The summed E-state index contributed by atoms with van der Waals surface area (Å²) in [5.74, 6) is 0.644. The van der Waals surface area contributed by atoms with Crippen molar-refractivity contribution in [2.24, 2.45) is 0 Å². The maximum atomic E-state index is 12.1. The molecule has 1 amide bonds. The smallest absolute Gasteiger partial charge is 0.255 e. The molecule has 0 aliphatic carbocycles. The molecule has 0 atom stereocenters. The summed E-state index contributed by atoms with van der Waals surface area (Å²) in [4.78, 5) is 12.1. The van der Waals surface area contributed by atoms with Crippen molar-refractivity contribution in [3.63, 3.8) is 0 Å². The highest BCUT2D eigenvalue weighted by molar-refractivity contribution is 6.32. The van der Waals surface area contributed by atoms with Gasteiger partial charge in [-0.3, -0.25) is 4.79 Å². The third-order valence-electron chi connectivity index (χ3n) is 2.85. The van der Waals surface area contributed by atoms with Crippen molar-refractivity contribution in [1.29, 1.82) is 0 Å². The van der Waals surface area contributed by atoms with Gasteiger partial charge in [-0.25, -0.2) is 0 Å². The van der Waals surface area contributed by atoms with E-state index in [0.29, 0.717) is 27.8 Å². The highest BCUT2D eigenvalue weighted by Gasteiger charge is 2.13. The van der Waals surface area contributed by atoms with Crippen LogP contribution in [0.25, 0.3) is 0 Å². The summed E-state index contributed by atoms with van der Waals surface area (Å²) in [5.41, 5.74) is 0.836. The van der Waals surface area contributed by atoms with Crippen molar-refractivity contribution < 1.29 is 19.4 Å². The van der Waals surface area contributed by atoms with Gasteiger partial charge >= 0.3 is 0 Å². The van der Waals surface area contributed by atoms with Crippen LogP contribution in [-0.4, -0.2) is 25.2 Å². The van der Waals surface area contributed by atoms with E-state index < -0.39 is 0 Å². The van der Waals surface area contributed by atoms with Crippen molar-refractivity contribution in [1.82, 2.24) is 0 Å². The standard InChI is InChI=1S/C15H14ClNO4/c1-20-13-8-14(21-2)12(7-11(13)16)17-15(19)9-3-5-10(18)6-4-9/h3-8,18H,1-2H3,(H,17,19). The number of nitrogens with one attached hydrogen (secondary N) is 1. The van der Waals surface area contributed by atoms with Crippen LogP contribution in [0.3, 0.4) is 0 Å². The van der Waals surface area contributed by atoms with Crippen molar-refractivity contribution in [3.05, 3.63) is 47.0 Å². The molecule has 2 aromatic carbocycles. The van der Waals surface area contributed by atoms with E-state index >= 15 is 0 Å². The number of ether oxygens (including phenoxy) is 2. The molecule has 5 nitrogen and oxygen atoms in total. The van der Waals surface area contributed by atoms with Gasteiger partial charge in [0.05, 0.1) is 24.9 Å². The second-order valence-electron chi connectivity index (χ2n) is 4.19. The summed E-state index contributed by atoms with van der Waals surface area (Å²) >= 11 is 6.04. The first-order valence-electron chi connectivity index (χ1n) is 6.07. The van der Waals surface area contributed by atoms with E-state index in [0.717, 1.165) is 0 Å². The number of benzene rings is 2. The van der Waals surface area contributed by atoms with Crippen LogP contribution in [0.1, 0.15) is 10.4 Å². The third kappa shape index (κ3) is 3.38. The van der Waals surface area contributed by atoms with Gasteiger partial charge < -0.3 is 19.9 Å². The Hall–Kier alpha value is -2.40. The topological polar surface area (TPSA) is 67.8 Å². The SMILES string of the molecule is COc1cc(OC)c(NC(=O)c2ccc(O)cc2)cc1Cl. The molecule has 21 heavy (non-hydrogen) atoms. The van der Waals surface area contributed by atoms with E-state index in [1.54, 1.807) is 12.1 Å². The van der Waals surface area contributed by atoms with E-state index in [1.165, 1.54) is 38.5 Å². The van der Waals surface area contributed by atoms with Crippen molar-refractivity contribution >= 4 is 23.2 Å². The lowest BCUT2D eigenvalue weighted by atomic mass is 10.2. The molecule has 0 unspecified atom stereocenters. The largest absolute Gasteiger partial charge is 0.508 e. The van der Waals surface area contributed by atoms with Gasteiger partial charge in [0.1, 0.15) is 17.2 Å². The zero-order chi connectivity index (χ0) is 15.4. The lowest BCUT2D eigenvalue weighted by Crippen LogP contribution is -2.12. The minimum atomic E-state index is -0.338. The number of anilines is 1. The number of aromatic hydroxyl groups is 1. The van der Waals surface area contributed by atoms with Crippen LogP contribution in [0.2, 0.25) is 5.02 Å². The van der Waals surface area contributed by atoms with E-state index in [4.69, 9.17) is 21.1 Å². The summed E-state index contributed by atoms with van der Waals surface area (Å²) in [6.07, 6.45) is 0. The van der Waals surface area contributed by atoms with Crippen LogP contribution >= 0.6 is 11.6 Å². The average Bonchev–Trinajstić information content (AvgIpc) is 2.48. The zero-order valence-electron chi connectivity index (χ0n) is 11.5. The van der Waals surface area contributed by atoms with E-state index in [-0.39, 0.29) is 11.7 Å². The Bertz CT molecular complexity index is 655. The Morgan fingerprint density at radius 1 is 1.10 bits per heavy atom. The summed E-state index contributed by atoms with van der Waals surface area (Å²) in [6.45, 7) is 0. The van der Waals surface area contributed by atoms with Crippen LogP contribution < -0.4 is 14.8 Å². The number of amides is 1. The fourth-order valence-electron chi connectivity index (χ4n) is 1.77. The molecule has 0 fully saturated rings. The molecule has 2 rings (SSSR count). The molecule has 0 saturated carbocycles. The minimum Gasteiger partial charge on any atom is -0.508 e. The van der Waals surface area contributed by atoms with Gasteiger partial charge in [0.2, 0.25) is 0 Å². The molecule has 2 aromatic rings. The molecule has 0 aromatic heterocycles. The lowest BCUT2D eigenvalue weighted by molar-refractivity contribution is 0.102. The molecule has 0 saturated heterocycles. The van der Waals surface area contributed by atoms with Gasteiger partial charge in [0.25, 0.3) is 5.91 Å². The molecule has 110 valence electrons. The van der Waals surface area contributed by atoms with Crippen molar-refractivity contribution in [2.75, 3.05) is 19.5 Å². The highest BCUT2D eigenvalue weighted by Crippen LogP contribution is 2.36. The Kier molecular flexibility index (Phi) is 4.55. The molecule has 2 N–H and O–H groups in total. The Morgan fingerprint density at radius 3 is 2.29 bits per heavy atom. The van der Waals surface area contributed by atoms with Crippen molar-refractivity contribution in [2.45, 2.75) is 0 Å². The molecule has 6 heteroatoms.